The number of nitrogens with two attached hydrogens (primary N) is 1. The van der Waals surface area contributed by atoms with E-state index in [1.54, 1.807) is 4.90 Å². The molecule has 5 nitrogen and oxygen atoms in total. The van der Waals surface area contributed by atoms with Crippen molar-refractivity contribution in [2.24, 2.45) is 11.7 Å². The molecular weight excluding hydrogens is 336 g/mol. The molecule has 1 aromatic heterocycles. The summed E-state index contributed by atoms with van der Waals surface area (Å²) in [5.41, 5.74) is 9.30. The van der Waals surface area contributed by atoms with Gasteiger partial charge >= 0.3 is 0 Å². The molecule has 2 atom stereocenters. The van der Waals surface area contributed by atoms with Gasteiger partial charge in [0.05, 0.1) is 17.0 Å². The number of amides is 1. The molecule has 0 fully saturated rings. The number of aromatic nitrogens is 2. The SMILES string of the molecule is CC(C(=O)N1CCn2c1nc1ccccc12)C(N)c1ccccc1.Cl. The van der Waals surface area contributed by atoms with Gasteiger partial charge < -0.3 is 10.3 Å². The number of imidazole rings is 1. The summed E-state index contributed by atoms with van der Waals surface area (Å²) in [7, 11) is 0. The molecule has 2 aromatic carbocycles. The van der Waals surface area contributed by atoms with Gasteiger partial charge in [-0.2, -0.15) is 0 Å². The monoisotopic (exact) mass is 356 g/mol. The zero-order valence-corrected chi connectivity index (χ0v) is 14.8. The van der Waals surface area contributed by atoms with Crippen LogP contribution < -0.4 is 10.6 Å². The lowest BCUT2D eigenvalue weighted by atomic mass is 9.94. The van der Waals surface area contributed by atoms with Gasteiger partial charge in [-0.1, -0.05) is 49.4 Å². The number of carbonyl (C=O) groups is 1. The fraction of sp³-hybridized carbons (Fsp3) is 0.263. The molecule has 3 aromatic rings. The summed E-state index contributed by atoms with van der Waals surface area (Å²) in [6.07, 6.45) is 0. The number of hydrogen-bond donors (Lipinski definition) is 1. The minimum absolute atomic E-state index is 0. The van der Waals surface area contributed by atoms with Gasteiger partial charge in [0.25, 0.3) is 0 Å². The summed E-state index contributed by atoms with van der Waals surface area (Å²) in [6.45, 7) is 3.32. The minimum Gasteiger partial charge on any atom is -0.323 e. The Kier molecular flexibility index (Phi) is 4.79. The van der Waals surface area contributed by atoms with Crippen LogP contribution in [0.2, 0.25) is 0 Å². The van der Waals surface area contributed by atoms with Crippen LogP contribution in [0.3, 0.4) is 0 Å². The molecule has 0 aliphatic carbocycles. The zero-order valence-electron chi connectivity index (χ0n) is 14.0. The Labute approximate surface area is 152 Å². The Balaban J connectivity index is 0.00000182. The average Bonchev–Trinajstić information content (AvgIpc) is 3.19. The number of para-hydroxylation sites is 2. The van der Waals surface area contributed by atoms with E-state index in [4.69, 9.17) is 5.73 Å². The first kappa shape index (κ1) is 17.5. The van der Waals surface area contributed by atoms with Crippen LogP contribution in [0.4, 0.5) is 5.95 Å². The highest BCUT2D eigenvalue weighted by molar-refractivity contribution is 5.96. The number of rotatable bonds is 3. The van der Waals surface area contributed by atoms with E-state index in [1.807, 2.05) is 61.5 Å². The van der Waals surface area contributed by atoms with Gasteiger partial charge in [0, 0.05) is 19.1 Å². The van der Waals surface area contributed by atoms with Crippen LogP contribution in [-0.2, 0) is 11.3 Å². The molecule has 1 aliphatic heterocycles. The first-order chi connectivity index (χ1) is 11.7. The maximum Gasteiger partial charge on any atom is 0.234 e. The minimum atomic E-state index is -0.322. The summed E-state index contributed by atoms with van der Waals surface area (Å²) in [5.74, 6) is 0.451. The van der Waals surface area contributed by atoms with Gasteiger partial charge in [0.15, 0.2) is 0 Å². The molecule has 25 heavy (non-hydrogen) atoms. The Bertz CT molecular complexity index is 893. The van der Waals surface area contributed by atoms with E-state index in [0.29, 0.717) is 6.54 Å². The molecule has 2 unspecified atom stereocenters. The summed E-state index contributed by atoms with van der Waals surface area (Å²) in [6, 6.07) is 17.4. The van der Waals surface area contributed by atoms with Crippen LogP contribution in [0.1, 0.15) is 18.5 Å². The molecule has 4 rings (SSSR count). The highest BCUT2D eigenvalue weighted by atomic mass is 35.5. The molecule has 0 saturated heterocycles. The topological polar surface area (TPSA) is 64.2 Å². The maximum absolute atomic E-state index is 13.0. The number of anilines is 1. The van der Waals surface area contributed by atoms with Gasteiger partial charge in [0.1, 0.15) is 0 Å². The van der Waals surface area contributed by atoms with Crippen LogP contribution in [0.5, 0.6) is 0 Å². The molecule has 130 valence electrons. The van der Waals surface area contributed by atoms with E-state index in [0.717, 1.165) is 29.1 Å². The lowest BCUT2D eigenvalue weighted by Crippen LogP contribution is -2.38. The largest absolute Gasteiger partial charge is 0.323 e. The smallest absolute Gasteiger partial charge is 0.234 e. The quantitative estimate of drug-likeness (QED) is 0.784. The molecule has 0 radical (unpaired) electrons. The first-order valence-corrected chi connectivity index (χ1v) is 8.24. The second-order valence-electron chi connectivity index (χ2n) is 6.27. The fourth-order valence-corrected chi connectivity index (χ4v) is 3.36. The Morgan fingerprint density at radius 1 is 1.08 bits per heavy atom. The van der Waals surface area contributed by atoms with Crippen molar-refractivity contribution in [3.8, 4) is 0 Å². The molecule has 1 aliphatic rings. The van der Waals surface area contributed by atoms with Gasteiger partial charge in [-0.05, 0) is 17.7 Å². The van der Waals surface area contributed by atoms with E-state index in [2.05, 4.69) is 9.55 Å². The standard InChI is InChI=1S/C19H20N4O.ClH/c1-13(17(20)14-7-3-2-4-8-14)18(24)23-12-11-22-16-10-6-5-9-15(16)21-19(22)23;/h2-10,13,17H,11-12,20H2,1H3;1H. The second kappa shape index (κ2) is 6.86. The molecule has 2 N–H and O–H groups in total. The van der Waals surface area contributed by atoms with Crippen molar-refractivity contribution in [2.75, 3.05) is 11.4 Å². The van der Waals surface area contributed by atoms with Gasteiger partial charge in [0.2, 0.25) is 11.9 Å². The summed E-state index contributed by atoms with van der Waals surface area (Å²) >= 11 is 0. The van der Waals surface area contributed by atoms with Gasteiger partial charge in [-0.3, -0.25) is 9.69 Å². The molecule has 0 saturated carbocycles. The highest BCUT2D eigenvalue weighted by Crippen LogP contribution is 2.30. The van der Waals surface area contributed by atoms with Crippen molar-refractivity contribution in [1.29, 1.82) is 0 Å². The number of halogens is 1. The second-order valence-corrected chi connectivity index (χ2v) is 6.27. The van der Waals surface area contributed by atoms with E-state index >= 15 is 0 Å². The van der Waals surface area contributed by atoms with Gasteiger partial charge in [-0.15, -0.1) is 12.4 Å². The number of carbonyl (C=O) groups excluding carboxylic acids is 1. The van der Waals surface area contributed by atoms with Crippen LogP contribution in [0, 0.1) is 5.92 Å². The number of benzene rings is 2. The summed E-state index contributed by atoms with van der Waals surface area (Å²) in [4.78, 5) is 19.4. The molecule has 1 amide bonds. The Morgan fingerprint density at radius 2 is 1.76 bits per heavy atom. The van der Waals surface area contributed by atoms with Crippen LogP contribution in [0.15, 0.2) is 54.6 Å². The molecule has 0 spiro atoms. The lowest BCUT2D eigenvalue weighted by Gasteiger charge is -2.24. The Morgan fingerprint density at radius 3 is 2.52 bits per heavy atom. The summed E-state index contributed by atoms with van der Waals surface area (Å²) in [5, 5.41) is 0. The van der Waals surface area contributed by atoms with Crippen molar-refractivity contribution < 1.29 is 4.79 Å². The summed E-state index contributed by atoms with van der Waals surface area (Å²) < 4.78 is 2.11. The zero-order chi connectivity index (χ0) is 16.7. The third kappa shape index (κ3) is 2.90. The van der Waals surface area contributed by atoms with Crippen molar-refractivity contribution >= 4 is 35.3 Å². The number of fused-ring (bicyclic) bond motifs is 3. The third-order valence-corrected chi connectivity index (χ3v) is 4.80. The van der Waals surface area contributed by atoms with E-state index in [-0.39, 0.29) is 30.3 Å². The molecule has 2 heterocycles. The predicted octanol–water partition coefficient (Wildman–Crippen LogP) is 3.14. The van der Waals surface area contributed by atoms with Crippen molar-refractivity contribution in [2.45, 2.75) is 19.5 Å². The van der Waals surface area contributed by atoms with Crippen molar-refractivity contribution in [3.63, 3.8) is 0 Å². The molecule has 6 heteroatoms. The van der Waals surface area contributed by atoms with Crippen molar-refractivity contribution in [3.05, 3.63) is 60.2 Å². The van der Waals surface area contributed by atoms with Crippen molar-refractivity contribution in [1.82, 2.24) is 9.55 Å². The highest BCUT2D eigenvalue weighted by Gasteiger charge is 2.33. The van der Waals surface area contributed by atoms with Gasteiger partial charge in [-0.25, -0.2) is 4.98 Å². The van der Waals surface area contributed by atoms with Crippen LogP contribution in [-0.4, -0.2) is 22.0 Å². The van der Waals surface area contributed by atoms with E-state index < -0.39 is 0 Å². The van der Waals surface area contributed by atoms with E-state index in [1.165, 1.54) is 0 Å². The Hall–Kier alpha value is -2.37. The number of nitrogens with zero attached hydrogens (tertiary/aromatic N) is 3. The van der Waals surface area contributed by atoms with Crippen LogP contribution >= 0.6 is 12.4 Å². The lowest BCUT2D eigenvalue weighted by molar-refractivity contribution is -0.122. The first-order valence-electron chi connectivity index (χ1n) is 8.24. The predicted molar refractivity (Wildman–Crippen MR) is 102 cm³/mol. The van der Waals surface area contributed by atoms with E-state index in [9.17, 15) is 4.79 Å². The van der Waals surface area contributed by atoms with Crippen LogP contribution in [0.25, 0.3) is 11.0 Å². The number of hydrogen-bond acceptors (Lipinski definition) is 3. The maximum atomic E-state index is 13.0. The third-order valence-electron chi connectivity index (χ3n) is 4.80. The molecular formula is C19H21ClN4O. The fourth-order valence-electron chi connectivity index (χ4n) is 3.36. The average molecular weight is 357 g/mol. The molecule has 0 bridgehead atoms. The normalized spacial score (nSPS) is 15.5.